The molecule has 1 fully saturated rings. The van der Waals surface area contributed by atoms with E-state index in [9.17, 15) is 4.39 Å². The van der Waals surface area contributed by atoms with Gasteiger partial charge in [0, 0.05) is 62.0 Å². The van der Waals surface area contributed by atoms with Crippen LogP contribution in [0.2, 0.25) is 0 Å². The van der Waals surface area contributed by atoms with E-state index >= 15 is 0 Å². The van der Waals surface area contributed by atoms with Gasteiger partial charge in [0.05, 0.1) is 12.8 Å². The van der Waals surface area contributed by atoms with Crippen LogP contribution < -0.4 is 14.5 Å². The third kappa shape index (κ3) is 4.13. The van der Waals surface area contributed by atoms with Crippen LogP contribution in [0.1, 0.15) is 12.6 Å². The molecular weight excluding hydrogens is 369 g/mol. The van der Waals surface area contributed by atoms with Crippen molar-refractivity contribution in [3.05, 3.63) is 60.3 Å². The standard InChI is InChI=1S/C22H24FN5O/c1-3-18-15-21(26-22(25-18)16-6-8-24-9-7-16)28-12-10-27(11-13-28)19-5-4-17(23)14-20(19)29-2/h4-9,14-15H,3,10-13H2,1-2H3. The van der Waals surface area contributed by atoms with Crippen LogP contribution in [0, 0.1) is 5.82 Å². The first-order valence-electron chi connectivity index (χ1n) is 9.79. The predicted octanol–water partition coefficient (Wildman–Crippen LogP) is 3.58. The molecule has 0 radical (unpaired) electrons. The normalized spacial score (nSPS) is 14.2. The lowest BCUT2D eigenvalue weighted by Crippen LogP contribution is -2.47. The second kappa shape index (κ2) is 8.43. The largest absolute Gasteiger partial charge is 0.494 e. The van der Waals surface area contributed by atoms with Gasteiger partial charge in [-0.15, -0.1) is 0 Å². The third-order valence-electron chi connectivity index (χ3n) is 5.15. The summed E-state index contributed by atoms with van der Waals surface area (Å²) in [5.74, 6) is 1.94. The highest BCUT2D eigenvalue weighted by atomic mass is 19.1. The van der Waals surface area contributed by atoms with Crippen LogP contribution in [0.15, 0.2) is 48.8 Å². The van der Waals surface area contributed by atoms with Crippen LogP contribution in [0.3, 0.4) is 0 Å². The molecule has 1 saturated heterocycles. The maximum absolute atomic E-state index is 13.5. The molecule has 3 heterocycles. The highest BCUT2D eigenvalue weighted by Gasteiger charge is 2.22. The van der Waals surface area contributed by atoms with Gasteiger partial charge in [-0.1, -0.05) is 6.92 Å². The lowest BCUT2D eigenvalue weighted by molar-refractivity contribution is 0.410. The fourth-order valence-electron chi connectivity index (χ4n) is 3.55. The van der Waals surface area contributed by atoms with Gasteiger partial charge in [0.1, 0.15) is 17.4 Å². The lowest BCUT2D eigenvalue weighted by atomic mass is 10.2. The second-order valence-corrected chi connectivity index (χ2v) is 6.92. The van der Waals surface area contributed by atoms with Crippen molar-refractivity contribution in [2.45, 2.75) is 13.3 Å². The summed E-state index contributed by atoms with van der Waals surface area (Å²) in [6, 6.07) is 10.6. The van der Waals surface area contributed by atoms with E-state index in [4.69, 9.17) is 9.72 Å². The average Bonchev–Trinajstić information content (AvgIpc) is 2.79. The summed E-state index contributed by atoms with van der Waals surface area (Å²) in [5, 5.41) is 0. The van der Waals surface area contributed by atoms with Gasteiger partial charge in [-0.2, -0.15) is 0 Å². The van der Waals surface area contributed by atoms with Crippen LogP contribution in [0.4, 0.5) is 15.9 Å². The number of anilines is 2. The Morgan fingerprint density at radius 3 is 2.38 bits per heavy atom. The number of aryl methyl sites for hydroxylation is 1. The summed E-state index contributed by atoms with van der Waals surface area (Å²) < 4.78 is 18.9. The van der Waals surface area contributed by atoms with E-state index in [0.717, 1.165) is 61.2 Å². The van der Waals surface area contributed by atoms with Crippen molar-refractivity contribution in [1.82, 2.24) is 15.0 Å². The minimum absolute atomic E-state index is 0.291. The number of halogens is 1. The Morgan fingerprint density at radius 2 is 1.69 bits per heavy atom. The zero-order chi connectivity index (χ0) is 20.2. The fourth-order valence-corrected chi connectivity index (χ4v) is 3.55. The smallest absolute Gasteiger partial charge is 0.161 e. The SMILES string of the molecule is CCc1cc(N2CCN(c3ccc(F)cc3OC)CC2)nc(-c2ccncc2)n1. The van der Waals surface area contributed by atoms with E-state index in [1.165, 1.54) is 12.1 Å². The number of benzene rings is 1. The lowest BCUT2D eigenvalue weighted by Gasteiger charge is -2.37. The fraction of sp³-hybridized carbons (Fsp3) is 0.318. The van der Waals surface area contributed by atoms with E-state index in [1.807, 2.05) is 12.1 Å². The first kappa shape index (κ1) is 19.1. The Balaban J connectivity index is 1.54. The van der Waals surface area contributed by atoms with Gasteiger partial charge < -0.3 is 14.5 Å². The highest BCUT2D eigenvalue weighted by Crippen LogP contribution is 2.30. The van der Waals surface area contributed by atoms with Crippen molar-refractivity contribution in [3.8, 4) is 17.1 Å². The second-order valence-electron chi connectivity index (χ2n) is 6.92. The molecule has 0 amide bonds. The van der Waals surface area contributed by atoms with Gasteiger partial charge in [-0.3, -0.25) is 4.98 Å². The van der Waals surface area contributed by atoms with Gasteiger partial charge in [0.25, 0.3) is 0 Å². The van der Waals surface area contributed by atoms with Crippen molar-refractivity contribution in [2.24, 2.45) is 0 Å². The molecule has 4 rings (SSSR count). The Morgan fingerprint density at radius 1 is 0.966 bits per heavy atom. The summed E-state index contributed by atoms with van der Waals surface area (Å²) in [6.45, 7) is 5.34. The average molecular weight is 393 g/mol. The molecule has 0 saturated carbocycles. The molecule has 1 aliphatic heterocycles. The van der Waals surface area contributed by atoms with Crippen LogP contribution in [-0.4, -0.2) is 48.2 Å². The minimum atomic E-state index is -0.291. The first-order valence-corrected chi connectivity index (χ1v) is 9.79. The van der Waals surface area contributed by atoms with Gasteiger partial charge in [-0.25, -0.2) is 14.4 Å². The van der Waals surface area contributed by atoms with Crippen molar-refractivity contribution in [1.29, 1.82) is 0 Å². The monoisotopic (exact) mass is 393 g/mol. The minimum Gasteiger partial charge on any atom is -0.494 e. The Hall–Kier alpha value is -3.22. The molecule has 6 nitrogen and oxygen atoms in total. The number of nitrogens with zero attached hydrogens (tertiary/aromatic N) is 5. The summed E-state index contributed by atoms with van der Waals surface area (Å²) in [7, 11) is 1.57. The molecule has 0 bridgehead atoms. The zero-order valence-electron chi connectivity index (χ0n) is 16.7. The Bertz CT molecular complexity index is 974. The molecule has 7 heteroatoms. The van der Waals surface area contributed by atoms with Gasteiger partial charge in [0.15, 0.2) is 5.82 Å². The highest BCUT2D eigenvalue weighted by molar-refractivity contribution is 5.61. The first-order chi connectivity index (χ1) is 14.2. The van der Waals surface area contributed by atoms with Crippen molar-refractivity contribution in [3.63, 3.8) is 0 Å². The zero-order valence-corrected chi connectivity index (χ0v) is 16.7. The van der Waals surface area contributed by atoms with Crippen LogP contribution >= 0.6 is 0 Å². The van der Waals surface area contributed by atoms with E-state index in [0.29, 0.717) is 5.75 Å². The number of pyridine rings is 1. The van der Waals surface area contributed by atoms with E-state index in [1.54, 1.807) is 25.6 Å². The number of hydrogen-bond donors (Lipinski definition) is 0. The summed E-state index contributed by atoms with van der Waals surface area (Å²) in [6.07, 6.45) is 4.36. The van der Waals surface area contributed by atoms with Gasteiger partial charge in [-0.05, 0) is 30.7 Å². The molecule has 0 N–H and O–H groups in total. The van der Waals surface area contributed by atoms with Crippen LogP contribution in [-0.2, 0) is 6.42 Å². The third-order valence-corrected chi connectivity index (χ3v) is 5.15. The Labute approximate surface area is 170 Å². The van der Waals surface area contributed by atoms with E-state index < -0.39 is 0 Å². The van der Waals surface area contributed by atoms with Crippen molar-refractivity contribution in [2.75, 3.05) is 43.1 Å². The molecule has 3 aromatic rings. The molecular formula is C22H24FN5O. The van der Waals surface area contributed by atoms with Crippen molar-refractivity contribution >= 4 is 11.5 Å². The number of rotatable bonds is 5. The summed E-state index contributed by atoms with van der Waals surface area (Å²) >= 11 is 0. The molecule has 29 heavy (non-hydrogen) atoms. The number of piperazine rings is 1. The number of aromatic nitrogens is 3. The summed E-state index contributed by atoms with van der Waals surface area (Å²) in [5.41, 5.74) is 2.90. The molecule has 0 atom stereocenters. The molecule has 0 aliphatic carbocycles. The predicted molar refractivity (Wildman–Crippen MR) is 112 cm³/mol. The Kier molecular flexibility index (Phi) is 5.55. The molecule has 1 aliphatic rings. The van der Waals surface area contributed by atoms with Crippen molar-refractivity contribution < 1.29 is 9.13 Å². The molecule has 0 spiro atoms. The van der Waals surface area contributed by atoms with Crippen LogP contribution in [0.25, 0.3) is 11.4 Å². The molecule has 2 aromatic heterocycles. The van der Waals surface area contributed by atoms with Gasteiger partial charge >= 0.3 is 0 Å². The maximum Gasteiger partial charge on any atom is 0.161 e. The van der Waals surface area contributed by atoms with Gasteiger partial charge in [0.2, 0.25) is 0 Å². The maximum atomic E-state index is 13.5. The van der Waals surface area contributed by atoms with E-state index in [-0.39, 0.29) is 5.82 Å². The number of methoxy groups -OCH3 is 1. The topological polar surface area (TPSA) is 54.4 Å². The number of hydrogen-bond acceptors (Lipinski definition) is 6. The summed E-state index contributed by atoms with van der Waals surface area (Å²) in [4.78, 5) is 18.1. The molecule has 150 valence electrons. The van der Waals surface area contributed by atoms with Crippen LogP contribution in [0.5, 0.6) is 5.75 Å². The number of ether oxygens (including phenoxy) is 1. The molecule has 1 aromatic carbocycles. The van der Waals surface area contributed by atoms with E-state index in [2.05, 4.69) is 32.8 Å². The quantitative estimate of drug-likeness (QED) is 0.661. The molecule has 0 unspecified atom stereocenters.